The van der Waals surface area contributed by atoms with Gasteiger partial charge in [-0.3, -0.25) is 4.79 Å². The lowest BCUT2D eigenvalue weighted by Crippen LogP contribution is -2.41. The van der Waals surface area contributed by atoms with Gasteiger partial charge in [0, 0.05) is 24.8 Å². The minimum atomic E-state index is -0.392. The Morgan fingerprint density at radius 2 is 1.64 bits per heavy atom. The van der Waals surface area contributed by atoms with Crippen molar-refractivity contribution in [1.29, 1.82) is 0 Å². The molecule has 0 bridgehead atoms. The Morgan fingerprint density at radius 1 is 1.09 bits per heavy atom. The third-order valence-electron chi connectivity index (χ3n) is 4.92. The van der Waals surface area contributed by atoms with Crippen molar-refractivity contribution in [3.63, 3.8) is 0 Å². The zero-order chi connectivity index (χ0) is 25.9. The van der Waals surface area contributed by atoms with Crippen LogP contribution >= 0.6 is 0 Å². The highest BCUT2D eigenvalue weighted by molar-refractivity contribution is 5.86. The van der Waals surface area contributed by atoms with Crippen LogP contribution in [0.4, 0.5) is 0 Å². The molecule has 2 rings (SSSR count). The second-order valence-electron chi connectivity index (χ2n) is 10.1. The first kappa shape index (κ1) is 31.2. The number of hydrogen-bond acceptors (Lipinski definition) is 7. The zero-order valence-electron chi connectivity index (χ0n) is 21.4. The fourth-order valence-electron chi connectivity index (χ4n) is 3.15. The Kier molecular flexibility index (Phi) is 13.0. The number of cyclic esters (lactones) is 1. The molecule has 33 heavy (non-hydrogen) atoms. The number of nitrogens with zero attached hydrogens (tertiary/aromatic N) is 3. The van der Waals surface area contributed by atoms with Gasteiger partial charge >= 0.3 is 11.9 Å². The van der Waals surface area contributed by atoms with Crippen molar-refractivity contribution in [3.8, 4) is 0 Å². The summed E-state index contributed by atoms with van der Waals surface area (Å²) in [4.78, 5) is 21.5. The fourth-order valence-corrected chi connectivity index (χ4v) is 3.15. The highest BCUT2D eigenvalue weighted by Crippen LogP contribution is 2.19. The largest absolute Gasteiger partial charge is 0.633 e. The van der Waals surface area contributed by atoms with Crippen LogP contribution in [-0.2, 0) is 19.1 Å². The number of quaternary nitrogens is 3. The van der Waals surface area contributed by atoms with Crippen molar-refractivity contribution in [2.24, 2.45) is 5.92 Å². The lowest BCUT2D eigenvalue weighted by Gasteiger charge is -2.39. The molecule has 0 saturated carbocycles. The quantitative estimate of drug-likeness (QED) is 0.133. The Hall–Kier alpha value is -1.82. The van der Waals surface area contributed by atoms with Crippen LogP contribution in [0.2, 0.25) is 0 Å². The van der Waals surface area contributed by atoms with E-state index in [2.05, 4.69) is 18.7 Å². The molecule has 2 aliphatic rings. The molecule has 10 heteroatoms. The van der Waals surface area contributed by atoms with E-state index in [1.54, 1.807) is 49.2 Å². The summed E-state index contributed by atoms with van der Waals surface area (Å²) in [5, 5.41) is 33.4. The maximum atomic E-state index is 11.2. The number of carbonyl (C=O) groups is 2. The van der Waals surface area contributed by atoms with Crippen LogP contribution in [0.15, 0.2) is 24.3 Å². The van der Waals surface area contributed by atoms with Gasteiger partial charge in [0.1, 0.15) is 6.61 Å². The van der Waals surface area contributed by atoms with E-state index in [-0.39, 0.29) is 38.5 Å². The molecule has 0 amide bonds. The Morgan fingerprint density at radius 3 is 1.97 bits per heavy atom. The summed E-state index contributed by atoms with van der Waals surface area (Å²) in [6, 6.07) is 0.282. The monoisotopic (exact) mass is 473 g/mol. The molecule has 0 radical (unpaired) electrons. The Bertz CT molecular complexity index is 650. The number of carbonyl (C=O) groups excluding carboxylic acids is 2. The maximum absolute atomic E-state index is 11.2. The average Bonchev–Trinajstić information content (AvgIpc) is 3.29. The van der Waals surface area contributed by atoms with Gasteiger partial charge in [-0.25, -0.2) is 4.79 Å². The maximum Gasteiger partial charge on any atom is 0.333 e. The predicted octanol–water partition coefficient (Wildman–Crippen LogP) is 2.47. The van der Waals surface area contributed by atoms with Gasteiger partial charge in [-0.2, -0.15) is 0 Å². The summed E-state index contributed by atoms with van der Waals surface area (Å²) in [6.45, 7) is 6.65. The molecule has 1 aliphatic heterocycles. The van der Waals surface area contributed by atoms with E-state index in [9.17, 15) is 25.2 Å². The van der Waals surface area contributed by atoms with Crippen molar-refractivity contribution in [2.45, 2.75) is 38.6 Å². The third kappa shape index (κ3) is 17.3. The minimum Gasteiger partial charge on any atom is -0.633 e. The molecule has 0 spiro atoms. The molecule has 1 heterocycles. The van der Waals surface area contributed by atoms with Crippen LogP contribution < -0.4 is 0 Å². The molecular formula is C23H43N3O7. The first-order valence-electron chi connectivity index (χ1n) is 11.2. The molecule has 1 aliphatic carbocycles. The van der Waals surface area contributed by atoms with Crippen LogP contribution in [0.5, 0.6) is 0 Å². The first-order chi connectivity index (χ1) is 14.9. The second kappa shape index (κ2) is 13.8. The highest BCUT2D eigenvalue weighted by Gasteiger charge is 2.27. The van der Waals surface area contributed by atoms with Crippen molar-refractivity contribution in [2.75, 3.05) is 68.6 Å². The second-order valence-corrected chi connectivity index (χ2v) is 10.1. The van der Waals surface area contributed by atoms with E-state index < -0.39 is 5.97 Å². The number of rotatable bonds is 8. The minimum absolute atomic E-state index is 0.120. The van der Waals surface area contributed by atoms with Gasteiger partial charge in [-0.15, -0.1) is 0 Å². The predicted molar refractivity (Wildman–Crippen MR) is 128 cm³/mol. The van der Waals surface area contributed by atoms with Crippen molar-refractivity contribution < 1.29 is 33.0 Å². The molecule has 1 unspecified atom stereocenters. The molecule has 1 fully saturated rings. The van der Waals surface area contributed by atoms with E-state index in [0.29, 0.717) is 38.1 Å². The molecule has 0 aromatic carbocycles. The van der Waals surface area contributed by atoms with Gasteiger partial charge in [0.25, 0.3) is 0 Å². The van der Waals surface area contributed by atoms with Gasteiger partial charge in [-0.05, 0) is 6.92 Å². The van der Waals surface area contributed by atoms with Crippen molar-refractivity contribution in [3.05, 3.63) is 39.9 Å². The highest BCUT2D eigenvalue weighted by atomic mass is 16.6. The van der Waals surface area contributed by atoms with Crippen LogP contribution in [0.25, 0.3) is 0 Å². The average molecular weight is 474 g/mol. The summed E-state index contributed by atoms with van der Waals surface area (Å²) < 4.78 is 8.69. The van der Waals surface area contributed by atoms with E-state index >= 15 is 0 Å². The summed E-state index contributed by atoms with van der Waals surface area (Å²) >= 11 is 0. The van der Waals surface area contributed by atoms with Crippen LogP contribution in [-0.4, -0.2) is 101 Å². The van der Waals surface area contributed by atoms with Crippen molar-refractivity contribution in [1.82, 2.24) is 0 Å². The molecule has 1 saturated heterocycles. The van der Waals surface area contributed by atoms with Gasteiger partial charge < -0.3 is 39.0 Å². The fraction of sp³-hybridized carbons (Fsp3) is 0.739. The normalized spacial score (nSPS) is 18.6. The van der Waals surface area contributed by atoms with Crippen LogP contribution in [0.3, 0.4) is 0 Å². The number of ether oxygens (including phenoxy) is 2. The molecule has 0 aromatic heterocycles. The molecule has 1 atom stereocenters. The Balaban J connectivity index is 0.000000472. The Labute approximate surface area is 198 Å². The van der Waals surface area contributed by atoms with E-state index in [4.69, 9.17) is 9.47 Å². The molecule has 192 valence electrons. The van der Waals surface area contributed by atoms with E-state index in [1.165, 1.54) is 0 Å². The first-order valence-corrected chi connectivity index (χ1v) is 11.2. The molecular weight excluding hydrogens is 430 g/mol. The summed E-state index contributed by atoms with van der Waals surface area (Å²) in [5.41, 5.74) is 0.385. The van der Waals surface area contributed by atoms with E-state index in [1.807, 2.05) is 0 Å². The van der Waals surface area contributed by atoms with Crippen molar-refractivity contribution >= 4 is 11.9 Å². The summed E-state index contributed by atoms with van der Waals surface area (Å²) in [7, 11) is 9.67. The van der Waals surface area contributed by atoms with E-state index in [0.717, 1.165) is 12.8 Å². The number of esters is 2. The SMILES string of the molecule is C=C(C)C(=O)OCCC[N+](C)(C)[O-].C[N+](C)([O-])C1CC=CC1.C[N+](C)([O-])CC1COC(=O)C1. The van der Waals surface area contributed by atoms with Gasteiger partial charge in [-0.1, -0.05) is 18.7 Å². The lowest BCUT2D eigenvalue weighted by atomic mass is 10.1. The number of hydroxylamine groups is 9. The van der Waals surface area contributed by atoms with Crippen LogP contribution in [0, 0.1) is 21.5 Å². The number of hydrogen-bond donors (Lipinski definition) is 0. The van der Waals surface area contributed by atoms with Gasteiger partial charge in [0.05, 0.1) is 80.4 Å². The molecule has 0 N–H and O–H groups in total. The lowest BCUT2D eigenvalue weighted by molar-refractivity contribution is -0.865. The van der Waals surface area contributed by atoms with Gasteiger partial charge in [0.2, 0.25) is 0 Å². The topological polar surface area (TPSA) is 122 Å². The standard InChI is InChI=1S/C9H17NO3.C7H13NO3.C7H13NO/c1-8(2)9(11)13-7-5-6-10(3,4)12;1-8(2,10)4-6-3-7(9)11-5-6;1-8(2,9)7-5-3-4-6-7/h1,5-7H2,2-4H3;6H,3-5H2,1-2H3;3-4,7H,5-6H2,1-2H3. The van der Waals surface area contributed by atoms with Gasteiger partial charge in [0.15, 0.2) is 0 Å². The molecule has 0 aromatic rings. The zero-order valence-corrected chi connectivity index (χ0v) is 21.4. The smallest absolute Gasteiger partial charge is 0.333 e. The summed E-state index contributed by atoms with van der Waals surface area (Å²) in [5.74, 6) is -0.449. The molecule has 10 nitrogen and oxygen atoms in total. The third-order valence-corrected chi connectivity index (χ3v) is 4.92. The van der Waals surface area contributed by atoms with Crippen LogP contribution in [0.1, 0.15) is 32.6 Å². The summed E-state index contributed by atoms with van der Waals surface area (Å²) in [6.07, 6.45) is 7.07.